The molecule has 19 heavy (non-hydrogen) atoms. The van der Waals surface area contributed by atoms with Gasteiger partial charge in [-0.25, -0.2) is 8.61 Å². The smallest absolute Gasteiger partial charge is 0.0349 e. The Kier molecular flexibility index (Phi) is 5.45. The molecule has 2 aromatic rings. The van der Waals surface area contributed by atoms with Crippen molar-refractivity contribution >= 4 is 12.1 Å². The Labute approximate surface area is 120 Å². The highest BCUT2D eigenvalue weighted by Crippen LogP contribution is 2.18. The zero-order chi connectivity index (χ0) is 13.5. The molecule has 0 fully saturated rings. The second kappa shape index (κ2) is 7.34. The monoisotopic (exact) mass is 272 g/mol. The fraction of sp³-hybridized carbons (Fsp3) is 0.250. The highest BCUT2D eigenvalue weighted by molar-refractivity contribution is 7.94. The van der Waals surface area contributed by atoms with E-state index in [9.17, 15) is 0 Å². The lowest BCUT2D eigenvalue weighted by molar-refractivity contribution is 0.491. The first-order chi connectivity index (χ1) is 9.24. The van der Waals surface area contributed by atoms with Crippen LogP contribution in [0.15, 0.2) is 60.7 Å². The lowest BCUT2D eigenvalue weighted by atomic mass is 10.2. The van der Waals surface area contributed by atoms with E-state index in [0.29, 0.717) is 0 Å². The Hall–Kier alpha value is -1.29. The van der Waals surface area contributed by atoms with E-state index in [1.54, 1.807) is 12.1 Å². The Morgan fingerprint density at radius 3 is 1.42 bits per heavy atom. The van der Waals surface area contributed by atoms with Gasteiger partial charge in [0.2, 0.25) is 0 Å². The fourth-order valence-electron chi connectivity index (χ4n) is 1.98. The SMILES string of the molecule is CN(Cc1ccccc1)SN(C)Cc1ccccc1. The Morgan fingerprint density at radius 1 is 0.684 bits per heavy atom. The summed E-state index contributed by atoms with van der Waals surface area (Å²) in [4.78, 5) is 0. The maximum absolute atomic E-state index is 2.25. The summed E-state index contributed by atoms with van der Waals surface area (Å²) in [5.41, 5.74) is 2.68. The topological polar surface area (TPSA) is 6.48 Å². The molecule has 0 heterocycles. The van der Waals surface area contributed by atoms with Crippen LogP contribution in [0.5, 0.6) is 0 Å². The average molecular weight is 272 g/mol. The molecule has 0 aromatic heterocycles. The third-order valence-corrected chi connectivity index (χ3v) is 3.59. The van der Waals surface area contributed by atoms with Crippen molar-refractivity contribution in [3.63, 3.8) is 0 Å². The third-order valence-electron chi connectivity index (χ3n) is 2.77. The van der Waals surface area contributed by atoms with Gasteiger partial charge in [-0.3, -0.25) is 0 Å². The maximum atomic E-state index is 2.25. The van der Waals surface area contributed by atoms with E-state index in [1.807, 2.05) is 0 Å². The van der Waals surface area contributed by atoms with Gasteiger partial charge in [0, 0.05) is 25.2 Å². The average Bonchev–Trinajstić information content (AvgIpc) is 2.40. The first-order valence-corrected chi connectivity index (χ1v) is 7.15. The molecule has 0 saturated carbocycles. The highest BCUT2D eigenvalue weighted by Gasteiger charge is 2.06. The first-order valence-electron chi connectivity index (χ1n) is 6.42. The fourth-order valence-corrected chi connectivity index (χ4v) is 2.87. The summed E-state index contributed by atoms with van der Waals surface area (Å²) < 4.78 is 4.50. The summed E-state index contributed by atoms with van der Waals surface area (Å²) in [5, 5.41) is 0. The molecule has 0 spiro atoms. The molecule has 0 N–H and O–H groups in total. The number of hydrogen-bond acceptors (Lipinski definition) is 3. The number of nitrogens with zero attached hydrogens (tertiary/aromatic N) is 2. The minimum absolute atomic E-state index is 0.949. The predicted octanol–water partition coefficient (Wildman–Crippen LogP) is 3.81. The van der Waals surface area contributed by atoms with Crippen LogP contribution in [0.1, 0.15) is 11.1 Å². The highest BCUT2D eigenvalue weighted by atomic mass is 32.2. The number of benzene rings is 2. The van der Waals surface area contributed by atoms with Crippen molar-refractivity contribution in [1.29, 1.82) is 0 Å². The molecule has 3 heteroatoms. The van der Waals surface area contributed by atoms with Crippen LogP contribution in [0.4, 0.5) is 0 Å². The van der Waals surface area contributed by atoms with E-state index in [0.717, 1.165) is 13.1 Å². The largest absolute Gasteiger partial charge is 0.236 e. The van der Waals surface area contributed by atoms with Gasteiger partial charge in [0.25, 0.3) is 0 Å². The quantitative estimate of drug-likeness (QED) is 0.738. The predicted molar refractivity (Wildman–Crippen MR) is 83.4 cm³/mol. The van der Waals surface area contributed by atoms with Crippen LogP contribution in [0.3, 0.4) is 0 Å². The molecule has 0 aliphatic carbocycles. The zero-order valence-corrected chi connectivity index (χ0v) is 12.3. The lowest BCUT2D eigenvalue weighted by Gasteiger charge is -2.22. The minimum Gasteiger partial charge on any atom is -0.236 e. The molecule has 0 amide bonds. The van der Waals surface area contributed by atoms with Gasteiger partial charge in [0.15, 0.2) is 0 Å². The van der Waals surface area contributed by atoms with Gasteiger partial charge in [-0.2, -0.15) is 0 Å². The standard InChI is InChI=1S/C16H20N2S/c1-17(13-15-9-5-3-6-10-15)19-18(2)14-16-11-7-4-8-12-16/h3-12H,13-14H2,1-2H3. The van der Waals surface area contributed by atoms with E-state index in [1.165, 1.54) is 11.1 Å². The van der Waals surface area contributed by atoms with Crippen molar-refractivity contribution in [2.75, 3.05) is 14.1 Å². The molecule has 0 radical (unpaired) electrons. The van der Waals surface area contributed by atoms with Gasteiger partial charge in [-0.1, -0.05) is 60.7 Å². The van der Waals surface area contributed by atoms with Crippen LogP contribution in [-0.2, 0) is 13.1 Å². The van der Waals surface area contributed by atoms with Crippen molar-refractivity contribution in [3.8, 4) is 0 Å². The van der Waals surface area contributed by atoms with Gasteiger partial charge < -0.3 is 0 Å². The Morgan fingerprint density at radius 2 is 1.05 bits per heavy atom. The number of rotatable bonds is 6. The van der Waals surface area contributed by atoms with Crippen LogP contribution in [0, 0.1) is 0 Å². The van der Waals surface area contributed by atoms with Crippen LogP contribution in [0.25, 0.3) is 0 Å². The summed E-state index contributed by atoms with van der Waals surface area (Å²) >= 11 is 1.76. The van der Waals surface area contributed by atoms with Gasteiger partial charge in [-0.15, -0.1) is 0 Å². The summed E-state index contributed by atoms with van der Waals surface area (Å²) in [7, 11) is 4.25. The molecule has 2 nitrogen and oxygen atoms in total. The zero-order valence-electron chi connectivity index (χ0n) is 11.5. The summed E-state index contributed by atoms with van der Waals surface area (Å²) in [6.45, 7) is 1.90. The van der Waals surface area contributed by atoms with Crippen LogP contribution in [-0.4, -0.2) is 22.7 Å². The molecule has 0 atom stereocenters. The van der Waals surface area contributed by atoms with Crippen molar-refractivity contribution in [2.45, 2.75) is 13.1 Å². The second-order valence-corrected chi connectivity index (χ2v) is 6.03. The van der Waals surface area contributed by atoms with Gasteiger partial charge in [0.1, 0.15) is 0 Å². The molecule has 2 aromatic carbocycles. The van der Waals surface area contributed by atoms with Crippen LogP contribution < -0.4 is 0 Å². The summed E-state index contributed by atoms with van der Waals surface area (Å²) in [6.07, 6.45) is 0. The Bertz CT molecular complexity index is 427. The molecule has 0 aliphatic heterocycles. The van der Waals surface area contributed by atoms with Crippen molar-refractivity contribution < 1.29 is 0 Å². The first kappa shape index (κ1) is 14.1. The molecule has 0 unspecified atom stereocenters. The third kappa shape index (κ3) is 5.07. The normalized spacial score (nSPS) is 11.2. The maximum Gasteiger partial charge on any atom is 0.0349 e. The molecule has 0 saturated heterocycles. The van der Waals surface area contributed by atoms with Gasteiger partial charge in [-0.05, 0) is 25.2 Å². The van der Waals surface area contributed by atoms with Gasteiger partial charge >= 0.3 is 0 Å². The molecule has 0 bridgehead atoms. The van der Waals surface area contributed by atoms with Crippen molar-refractivity contribution in [2.24, 2.45) is 0 Å². The van der Waals surface area contributed by atoms with Crippen LogP contribution >= 0.6 is 12.1 Å². The molecular formula is C16H20N2S. The summed E-state index contributed by atoms with van der Waals surface area (Å²) in [5.74, 6) is 0. The minimum atomic E-state index is 0.949. The summed E-state index contributed by atoms with van der Waals surface area (Å²) in [6, 6.07) is 21.1. The Balaban J connectivity index is 1.80. The molecule has 100 valence electrons. The second-order valence-electron chi connectivity index (χ2n) is 4.62. The van der Waals surface area contributed by atoms with Crippen LogP contribution in [0.2, 0.25) is 0 Å². The van der Waals surface area contributed by atoms with Crippen molar-refractivity contribution in [3.05, 3.63) is 71.8 Å². The van der Waals surface area contributed by atoms with Gasteiger partial charge in [0.05, 0.1) is 0 Å². The van der Waals surface area contributed by atoms with E-state index >= 15 is 0 Å². The molecular weight excluding hydrogens is 252 g/mol. The van der Waals surface area contributed by atoms with E-state index in [-0.39, 0.29) is 0 Å². The number of hydrogen-bond donors (Lipinski definition) is 0. The van der Waals surface area contributed by atoms with E-state index < -0.39 is 0 Å². The lowest BCUT2D eigenvalue weighted by Crippen LogP contribution is -2.18. The van der Waals surface area contributed by atoms with Crippen molar-refractivity contribution in [1.82, 2.24) is 8.61 Å². The molecule has 2 rings (SSSR count). The molecule has 0 aliphatic rings. The van der Waals surface area contributed by atoms with E-state index in [4.69, 9.17) is 0 Å². The van der Waals surface area contributed by atoms with E-state index in [2.05, 4.69) is 83.4 Å².